The molecular weight excluding hydrogens is 422 g/mol. The van der Waals surface area contributed by atoms with Crippen molar-refractivity contribution < 1.29 is 0 Å². The Morgan fingerprint density at radius 3 is 1.80 bits per heavy atom. The molecule has 0 saturated carbocycles. The van der Waals surface area contributed by atoms with Crippen molar-refractivity contribution in [2.75, 3.05) is 0 Å². The number of hydrogen-bond acceptors (Lipinski definition) is 0. The van der Waals surface area contributed by atoms with E-state index in [4.69, 9.17) is 0 Å². The van der Waals surface area contributed by atoms with Crippen molar-refractivity contribution in [2.45, 2.75) is 12.3 Å². The van der Waals surface area contributed by atoms with Crippen molar-refractivity contribution in [3.8, 4) is 16.9 Å². The second-order valence-electron chi connectivity index (χ2n) is 9.44. The van der Waals surface area contributed by atoms with Crippen LogP contribution in [0.25, 0.3) is 27.8 Å². The summed E-state index contributed by atoms with van der Waals surface area (Å²) < 4.78 is 2.47. The summed E-state index contributed by atoms with van der Waals surface area (Å²) in [5.74, 6) is 0. The Bertz CT molecular complexity index is 1630. The minimum atomic E-state index is -0.399. The molecule has 1 nitrogen and oxygen atoms in total. The second kappa shape index (κ2) is 7.58. The van der Waals surface area contributed by atoms with Crippen molar-refractivity contribution in [3.05, 3.63) is 161 Å². The van der Waals surface area contributed by atoms with Gasteiger partial charge < -0.3 is 4.57 Å². The Morgan fingerprint density at radius 1 is 0.543 bits per heavy atom. The van der Waals surface area contributed by atoms with Crippen LogP contribution in [-0.4, -0.2) is 4.57 Å². The van der Waals surface area contributed by atoms with Crippen molar-refractivity contribution in [1.29, 1.82) is 0 Å². The first-order valence-corrected chi connectivity index (χ1v) is 12.2. The zero-order chi connectivity index (χ0) is 23.4. The largest absolute Gasteiger partial charge is 0.309 e. The number of hydrogen-bond donors (Lipinski definition) is 0. The summed E-state index contributed by atoms with van der Waals surface area (Å²) >= 11 is 0. The van der Waals surface area contributed by atoms with E-state index < -0.39 is 5.41 Å². The summed E-state index contributed by atoms with van der Waals surface area (Å²) in [5.41, 5.74) is 11.2. The lowest BCUT2D eigenvalue weighted by atomic mass is 9.67. The highest BCUT2D eigenvalue weighted by atomic mass is 15.0. The number of aryl methyl sites for hydroxylation is 1. The number of rotatable bonds is 3. The normalized spacial score (nSPS) is 13.5. The maximum absolute atomic E-state index is 2.47. The highest BCUT2D eigenvalue weighted by Gasteiger charge is 2.49. The second-order valence-corrected chi connectivity index (χ2v) is 9.44. The molecule has 166 valence electrons. The van der Waals surface area contributed by atoms with Gasteiger partial charge in [0.1, 0.15) is 0 Å². The molecule has 1 heteroatoms. The van der Waals surface area contributed by atoms with Gasteiger partial charge in [0.25, 0.3) is 0 Å². The molecule has 0 atom stereocenters. The fraction of sp³-hybridized carbons (Fsp3) is 0.0588. The molecule has 6 aromatic rings. The molecule has 5 aromatic carbocycles. The third-order valence-electron chi connectivity index (χ3n) is 7.54. The van der Waals surface area contributed by atoms with E-state index in [0.29, 0.717) is 0 Å². The van der Waals surface area contributed by atoms with Gasteiger partial charge in [0.05, 0.1) is 16.6 Å². The smallest absolute Gasteiger partial charge is 0.0735 e. The molecule has 0 unspecified atom stereocenters. The monoisotopic (exact) mass is 447 g/mol. The molecule has 1 aliphatic rings. The van der Waals surface area contributed by atoms with Crippen LogP contribution >= 0.6 is 0 Å². The van der Waals surface area contributed by atoms with Gasteiger partial charge in [-0.25, -0.2) is 0 Å². The molecule has 0 amide bonds. The Kier molecular flexibility index (Phi) is 4.34. The van der Waals surface area contributed by atoms with Crippen LogP contribution in [0.1, 0.15) is 27.8 Å². The van der Waals surface area contributed by atoms with Gasteiger partial charge in [0.2, 0.25) is 0 Å². The predicted molar refractivity (Wildman–Crippen MR) is 145 cm³/mol. The molecule has 35 heavy (non-hydrogen) atoms. The molecular formula is C34H25N. The molecule has 0 aliphatic heterocycles. The van der Waals surface area contributed by atoms with Gasteiger partial charge in [-0.05, 0) is 41.8 Å². The van der Waals surface area contributed by atoms with E-state index >= 15 is 0 Å². The minimum absolute atomic E-state index is 0.399. The molecule has 0 fully saturated rings. The first-order chi connectivity index (χ1) is 17.3. The van der Waals surface area contributed by atoms with E-state index in [2.05, 4.69) is 145 Å². The van der Waals surface area contributed by atoms with Crippen LogP contribution in [0.3, 0.4) is 0 Å². The lowest BCUT2D eigenvalue weighted by Gasteiger charge is -2.33. The summed E-state index contributed by atoms with van der Waals surface area (Å²) in [6.07, 6.45) is 0. The molecule has 0 saturated heterocycles. The van der Waals surface area contributed by atoms with E-state index in [1.54, 1.807) is 0 Å². The number of nitrogens with zero attached hydrogens (tertiary/aromatic N) is 1. The molecule has 0 radical (unpaired) electrons. The average molecular weight is 448 g/mol. The SMILES string of the molecule is Cc1ccc(-n2c3c(c4ccccc42)C(c2ccccc2)(c2ccccc2)c2ccccc2-3)cc1. The average Bonchev–Trinajstić information content (AvgIpc) is 3.42. The zero-order valence-electron chi connectivity index (χ0n) is 19.6. The highest BCUT2D eigenvalue weighted by Crippen LogP contribution is 2.59. The maximum Gasteiger partial charge on any atom is 0.0735 e. The van der Waals surface area contributed by atoms with Crippen molar-refractivity contribution >= 4 is 10.9 Å². The maximum atomic E-state index is 2.47. The van der Waals surface area contributed by atoms with E-state index in [-0.39, 0.29) is 0 Å². The molecule has 0 bridgehead atoms. The fourth-order valence-corrected chi connectivity index (χ4v) is 6.13. The lowest BCUT2D eigenvalue weighted by Crippen LogP contribution is -2.28. The zero-order valence-corrected chi connectivity index (χ0v) is 19.6. The predicted octanol–water partition coefficient (Wildman–Crippen LogP) is 8.30. The number of para-hydroxylation sites is 1. The van der Waals surface area contributed by atoms with E-state index in [0.717, 1.165) is 0 Å². The summed E-state index contributed by atoms with van der Waals surface area (Å²) in [6.45, 7) is 2.15. The highest BCUT2D eigenvalue weighted by molar-refractivity contribution is 6.01. The number of benzene rings is 5. The standard InChI is InChI=1S/C34H25N/c1-24-20-22-27(23-21-24)35-31-19-11-9-17-29(31)32-33(35)28-16-8-10-18-30(28)34(32,25-12-4-2-5-13-25)26-14-6-3-7-15-26/h2-23H,1H3. The van der Waals surface area contributed by atoms with Gasteiger partial charge in [0, 0.05) is 22.2 Å². The molecule has 1 aromatic heterocycles. The van der Waals surface area contributed by atoms with E-state index in [1.165, 1.54) is 55.7 Å². The van der Waals surface area contributed by atoms with Crippen LogP contribution in [0.5, 0.6) is 0 Å². The third kappa shape index (κ3) is 2.70. The van der Waals surface area contributed by atoms with Crippen LogP contribution in [0.2, 0.25) is 0 Å². The van der Waals surface area contributed by atoms with Crippen LogP contribution < -0.4 is 0 Å². The van der Waals surface area contributed by atoms with Crippen molar-refractivity contribution in [3.63, 3.8) is 0 Å². The van der Waals surface area contributed by atoms with Gasteiger partial charge >= 0.3 is 0 Å². The van der Waals surface area contributed by atoms with Crippen molar-refractivity contribution in [2.24, 2.45) is 0 Å². The molecule has 1 aliphatic carbocycles. The minimum Gasteiger partial charge on any atom is -0.309 e. The van der Waals surface area contributed by atoms with Crippen LogP contribution in [0.15, 0.2) is 133 Å². The first kappa shape index (κ1) is 20.1. The molecule has 7 rings (SSSR count). The van der Waals surface area contributed by atoms with E-state index in [9.17, 15) is 0 Å². The Labute approximate surface area is 205 Å². The number of fused-ring (bicyclic) bond motifs is 5. The Balaban J connectivity index is 1.73. The number of aromatic nitrogens is 1. The van der Waals surface area contributed by atoms with E-state index in [1.807, 2.05) is 0 Å². The quantitative estimate of drug-likeness (QED) is 0.257. The summed E-state index contributed by atoms with van der Waals surface area (Å²) in [4.78, 5) is 0. The lowest BCUT2D eigenvalue weighted by molar-refractivity contribution is 0.775. The van der Waals surface area contributed by atoms with Crippen molar-refractivity contribution in [1.82, 2.24) is 4.57 Å². The topological polar surface area (TPSA) is 4.93 Å². The Morgan fingerprint density at radius 2 is 1.11 bits per heavy atom. The summed E-state index contributed by atoms with van der Waals surface area (Å²) in [6, 6.07) is 48.8. The Hall–Kier alpha value is -4.36. The van der Waals surface area contributed by atoms with Crippen LogP contribution in [0.4, 0.5) is 0 Å². The van der Waals surface area contributed by atoms with Gasteiger partial charge in [-0.15, -0.1) is 0 Å². The molecule has 0 spiro atoms. The third-order valence-corrected chi connectivity index (χ3v) is 7.54. The summed E-state index contributed by atoms with van der Waals surface area (Å²) in [5, 5.41) is 1.30. The summed E-state index contributed by atoms with van der Waals surface area (Å²) in [7, 11) is 0. The first-order valence-electron chi connectivity index (χ1n) is 12.2. The van der Waals surface area contributed by atoms with Gasteiger partial charge in [0.15, 0.2) is 0 Å². The van der Waals surface area contributed by atoms with Gasteiger partial charge in [-0.3, -0.25) is 0 Å². The van der Waals surface area contributed by atoms with Crippen LogP contribution in [0, 0.1) is 6.92 Å². The van der Waals surface area contributed by atoms with Gasteiger partial charge in [-0.1, -0.05) is 121 Å². The molecule has 1 heterocycles. The van der Waals surface area contributed by atoms with Crippen LogP contribution in [-0.2, 0) is 5.41 Å². The fourth-order valence-electron chi connectivity index (χ4n) is 6.13. The van der Waals surface area contributed by atoms with Gasteiger partial charge in [-0.2, -0.15) is 0 Å². The molecule has 0 N–H and O–H groups in total.